The number of anilines is 1. The molecule has 2 aliphatic heterocycles. The maximum absolute atomic E-state index is 12.8. The molecule has 178 valence electrons. The summed E-state index contributed by atoms with van der Waals surface area (Å²) >= 11 is 1.59. The molecule has 9 heteroatoms. The predicted octanol–water partition coefficient (Wildman–Crippen LogP) is 2.78. The van der Waals surface area contributed by atoms with Gasteiger partial charge in [0.15, 0.2) is 0 Å². The molecule has 3 aromatic rings. The number of hydrogen-bond donors (Lipinski definition) is 2. The first-order chi connectivity index (χ1) is 16.3. The highest BCUT2D eigenvalue weighted by atomic mass is 32.1. The normalized spacial score (nSPS) is 25.9. The number of fused-ring (bicyclic) bond motifs is 2. The molecule has 3 atom stereocenters. The van der Waals surface area contributed by atoms with Crippen molar-refractivity contribution < 1.29 is 14.3 Å². The number of nitrogens with two attached hydrogens (primary N) is 1. The van der Waals surface area contributed by atoms with Crippen molar-refractivity contribution in [1.82, 2.24) is 19.8 Å². The Hall–Kier alpha value is -2.75. The Morgan fingerprint density at radius 3 is 2.74 bits per heavy atom. The number of morpholine rings is 1. The van der Waals surface area contributed by atoms with Crippen molar-refractivity contribution in [3.8, 4) is 11.3 Å². The van der Waals surface area contributed by atoms with Crippen molar-refractivity contribution in [3.05, 3.63) is 35.0 Å². The number of ether oxygens (including phenoxy) is 1. The van der Waals surface area contributed by atoms with E-state index in [1.165, 1.54) is 4.90 Å². The second-order valence-corrected chi connectivity index (χ2v) is 11.3. The van der Waals surface area contributed by atoms with E-state index in [2.05, 4.69) is 14.9 Å². The Labute approximate surface area is 202 Å². The van der Waals surface area contributed by atoms with Crippen LogP contribution in [0.2, 0.25) is 0 Å². The molecule has 6 rings (SSSR count). The average molecular weight is 480 g/mol. The molecular weight excluding hydrogens is 450 g/mol. The van der Waals surface area contributed by atoms with E-state index in [1.54, 1.807) is 17.5 Å². The number of rotatable bonds is 5. The van der Waals surface area contributed by atoms with Crippen LogP contribution in [-0.4, -0.2) is 52.1 Å². The number of carbonyl (C=O) groups is 2. The molecule has 0 aromatic carbocycles. The molecule has 0 radical (unpaired) electrons. The molecule has 5 heterocycles. The number of nitrogen functional groups attached to an aromatic ring is 1. The summed E-state index contributed by atoms with van der Waals surface area (Å²) in [4.78, 5) is 32.6. The van der Waals surface area contributed by atoms with Gasteiger partial charge in [-0.25, -0.2) is 0 Å². The van der Waals surface area contributed by atoms with Crippen LogP contribution in [0.4, 0.5) is 5.69 Å². The van der Waals surface area contributed by atoms with Crippen LogP contribution in [0.25, 0.3) is 21.5 Å². The number of imide groups is 1. The lowest BCUT2D eigenvalue weighted by molar-refractivity contribution is -0.143. The van der Waals surface area contributed by atoms with Crippen molar-refractivity contribution in [3.63, 3.8) is 0 Å². The number of nitrogens with zero attached hydrogens (tertiary/aromatic N) is 3. The number of piperidine rings is 1. The standard InChI is InChI=1S/C25H29N5O3S/c1-13-17(26)9-19(29(13)11-14-10-27-6-7-33-14)16-4-5-28-18-8-15(34-22(16)18)12-30-23(31)20-21(24(30)32)25(20,2)3/h4-5,8-9,14,20-21,27H,6-7,10-12,26H2,1-3H3/t14-,20?,21?/m0/s1. The van der Waals surface area contributed by atoms with Gasteiger partial charge in [-0.1, -0.05) is 13.8 Å². The van der Waals surface area contributed by atoms with Gasteiger partial charge in [0, 0.05) is 35.4 Å². The lowest BCUT2D eigenvalue weighted by atomic mass is 10.1. The summed E-state index contributed by atoms with van der Waals surface area (Å²) in [5, 5.41) is 3.39. The fourth-order valence-corrected chi connectivity index (χ4v) is 6.77. The van der Waals surface area contributed by atoms with Gasteiger partial charge in [-0.2, -0.15) is 0 Å². The first kappa shape index (κ1) is 21.8. The molecule has 3 aromatic heterocycles. The highest BCUT2D eigenvalue weighted by molar-refractivity contribution is 7.19. The second-order valence-electron chi connectivity index (χ2n) is 10.2. The van der Waals surface area contributed by atoms with E-state index in [-0.39, 0.29) is 35.2 Å². The minimum atomic E-state index is -0.194. The van der Waals surface area contributed by atoms with Crippen molar-refractivity contribution in [2.24, 2.45) is 17.3 Å². The van der Waals surface area contributed by atoms with E-state index < -0.39 is 0 Å². The van der Waals surface area contributed by atoms with Gasteiger partial charge in [0.1, 0.15) is 0 Å². The molecule has 34 heavy (non-hydrogen) atoms. The summed E-state index contributed by atoms with van der Waals surface area (Å²) < 4.78 is 9.20. The molecule has 2 amide bonds. The predicted molar refractivity (Wildman–Crippen MR) is 131 cm³/mol. The molecule has 0 spiro atoms. The van der Waals surface area contributed by atoms with Gasteiger partial charge in [0.25, 0.3) is 0 Å². The zero-order valence-corrected chi connectivity index (χ0v) is 20.4. The SMILES string of the molecule is Cc1c(N)cc(-c2ccnc3cc(CN4C(=O)C5C(C4=O)C5(C)C)sc23)n1C[C@@H]1CNCCO1. The van der Waals surface area contributed by atoms with Gasteiger partial charge in [-0.05, 0) is 30.5 Å². The third-order valence-corrected chi connectivity index (χ3v) is 8.88. The maximum atomic E-state index is 12.8. The van der Waals surface area contributed by atoms with Crippen molar-refractivity contribution in [1.29, 1.82) is 0 Å². The number of aromatic nitrogens is 2. The highest BCUT2D eigenvalue weighted by Gasteiger charge is 2.72. The number of amides is 2. The quantitative estimate of drug-likeness (QED) is 0.546. The highest BCUT2D eigenvalue weighted by Crippen LogP contribution is 2.63. The summed E-state index contributed by atoms with van der Waals surface area (Å²) in [6.07, 6.45) is 1.89. The smallest absolute Gasteiger partial charge is 0.234 e. The number of thiophene rings is 1. The molecule has 3 aliphatic rings. The first-order valence-corrected chi connectivity index (χ1v) is 12.6. The molecule has 0 bridgehead atoms. The number of hydrogen-bond acceptors (Lipinski definition) is 7. The third kappa shape index (κ3) is 3.21. The molecular formula is C25H29N5O3S. The number of pyridine rings is 1. The summed E-state index contributed by atoms with van der Waals surface area (Å²) in [7, 11) is 0. The largest absolute Gasteiger partial charge is 0.397 e. The molecule has 1 aliphatic carbocycles. The Morgan fingerprint density at radius 2 is 2.03 bits per heavy atom. The van der Waals surface area contributed by atoms with Crippen LogP contribution in [0, 0.1) is 24.2 Å². The van der Waals surface area contributed by atoms with E-state index in [1.807, 2.05) is 39.0 Å². The molecule has 1 saturated carbocycles. The Bertz CT molecular complexity index is 1300. The Morgan fingerprint density at radius 1 is 1.26 bits per heavy atom. The minimum absolute atomic E-state index is 0.0380. The van der Waals surface area contributed by atoms with Crippen LogP contribution in [0.3, 0.4) is 0 Å². The van der Waals surface area contributed by atoms with Crippen LogP contribution < -0.4 is 11.1 Å². The second kappa shape index (κ2) is 7.63. The number of nitrogens with one attached hydrogen (secondary N) is 1. The van der Waals surface area contributed by atoms with E-state index >= 15 is 0 Å². The fraction of sp³-hybridized carbons (Fsp3) is 0.480. The van der Waals surface area contributed by atoms with Crippen LogP contribution >= 0.6 is 11.3 Å². The van der Waals surface area contributed by atoms with Crippen LogP contribution in [-0.2, 0) is 27.4 Å². The molecule has 3 N–H and O–H groups in total. The van der Waals surface area contributed by atoms with Gasteiger partial charge < -0.3 is 20.4 Å². The number of carbonyl (C=O) groups excluding carboxylic acids is 2. The van der Waals surface area contributed by atoms with Crippen molar-refractivity contribution in [2.45, 2.75) is 40.0 Å². The van der Waals surface area contributed by atoms with E-state index in [4.69, 9.17) is 10.5 Å². The Kier molecular flexibility index (Phi) is 4.88. The molecule has 2 saturated heterocycles. The van der Waals surface area contributed by atoms with E-state index in [9.17, 15) is 9.59 Å². The lowest BCUT2D eigenvalue weighted by Gasteiger charge is -2.25. The average Bonchev–Trinajstić information content (AvgIpc) is 3.08. The Balaban J connectivity index is 1.33. The topological polar surface area (TPSA) is 102 Å². The summed E-state index contributed by atoms with van der Waals surface area (Å²) in [5.74, 6) is -0.393. The van der Waals surface area contributed by atoms with Gasteiger partial charge in [0.05, 0.1) is 59.2 Å². The van der Waals surface area contributed by atoms with Gasteiger partial charge in [-0.3, -0.25) is 19.5 Å². The first-order valence-electron chi connectivity index (χ1n) is 11.8. The molecule has 8 nitrogen and oxygen atoms in total. The van der Waals surface area contributed by atoms with Crippen LogP contribution in [0.15, 0.2) is 24.4 Å². The molecule has 3 fully saturated rings. The zero-order chi connectivity index (χ0) is 23.8. The lowest BCUT2D eigenvalue weighted by Crippen LogP contribution is -2.41. The summed E-state index contributed by atoms with van der Waals surface area (Å²) in [6.45, 7) is 9.45. The van der Waals surface area contributed by atoms with Gasteiger partial charge in [-0.15, -0.1) is 11.3 Å². The molecule has 2 unspecified atom stereocenters. The van der Waals surface area contributed by atoms with Crippen LogP contribution in [0.1, 0.15) is 24.4 Å². The summed E-state index contributed by atoms with van der Waals surface area (Å²) in [5.41, 5.74) is 10.8. The summed E-state index contributed by atoms with van der Waals surface area (Å²) in [6, 6.07) is 6.02. The van der Waals surface area contributed by atoms with Gasteiger partial charge in [0.2, 0.25) is 11.8 Å². The van der Waals surface area contributed by atoms with E-state index in [0.29, 0.717) is 19.7 Å². The van der Waals surface area contributed by atoms with Crippen molar-refractivity contribution >= 4 is 39.1 Å². The number of likely N-dealkylation sites (tertiary alicyclic amines) is 1. The maximum Gasteiger partial charge on any atom is 0.234 e. The minimum Gasteiger partial charge on any atom is -0.397 e. The van der Waals surface area contributed by atoms with Crippen molar-refractivity contribution in [2.75, 3.05) is 25.4 Å². The fourth-order valence-electron chi connectivity index (χ4n) is 5.65. The van der Waals surface area contributed by atoms with Gasteiger partial charge >= 0.3 is 0 Å². The monoisotopic (exact) mass is 479 g/mol. The van der Waals surface area contributed by atoms with Crippen LogP contribution in [0.5, 0.6) is 0 Å². The van der Waals surface area contributed by atoms with E-state index in [0.717, 1.165) is 50.8 Å². The third-order valence-electron chi connectivity index (χ3n) is 7.74. The zero-order valence-electron chi connectivity index (χ0n) is 19.6.